The van der Waals surface area contributed by atoms with Crippen LogP contribution in [-0.4, -0.2) is 12.6 Å². The molecular formula is C34H56O2. The molecule has 0 spiro atoms. The predicted molar refractivity (Wildman–Crippen MR) is 160 cm³/mol. The van der Waals surface area contributed by atoms with E-state index in [4.69, 9.17) is 4.74 Å². The molecule has 0 radical (unpaired) electrons. The van der Waals surface area contributed by atoms with Crippen LogP contribution in [0.5, 0.6) is 0 Å². The van der Waals surface area contributed by atoms with Crippen molar-refractivity contribution in [3.8, 4) is 0 Å². The standard InChI is InChI=1S/C34H56O2/c1-9-36-34(35)27-26-33(8)25-15-24-32(7)23-14-21-30(5)18-11-10-17-29(4)20-13-22-31(6)19-12-16-28(2)3/h16-18,22-23,25H,9-15,19-21,24,26-27H2,1-8H3/b29-17+,30-18+,31-22+,32-23+,33-25+. The Labute approximate surface area is 224 Å². The molecule has 0 aromatic heterocycles. The number of unbranched alkanes of at least 4 members (excludes halogenated alkanes) is 1. The summed E-state index contributed by atoms with van der Waals surface area (Å²) in [5.74, 6) is -0.0971. The Morgan fingerprint density at radius 1 is 0.472 bits per heavy atom. The molecule has 36 heavy (non-hydrogen) atoms. The van der Waals surface area contributed by atoms with E-state index in [-0.39, 0.29) is 5.97 Å². The Morgan fingerprint density at radius 2 is 0.806 bits per heavy atom. The molecule has 0 bridgehead atoms. The molecule has 0 aliphatic heterocycles. The fourth-order valence-corrected chi connectivity index (χ4v) is 3.93. The zero-order valence-electron chi connectivity index (χ0n) is 25.0. The summed E-state index contributed by atoms with van der Waals surface area (Å²) in [6, 6.07) is 0. The number of carbonyl (C=O) groups is 1. The average Bonchev–Trinajstić information content (AvgIpc) is 2.80. The van der Waals surface area contributed by atoms with Crippen LogP contribution in [0.25, 0.3) is 0 Å². The van der Waals surface area contributed by atoms with Crippen LogP contribution in [0.3, 0.4) is 0 Å². The number of carbonyl (C=O) groups excluding carboxylic acids is 1. The molecule has 0 aliphatic rings. The molecule has 2 heteroatoms. The summed E-state index contributed by atoms with van der Waals surface area (Å²) in [4.78, 5) is 11.4. The van der Waals surface area contributed by atoms with Gasteiger partial charge in [0, 0.05) is 6.42 Å². The number of hydrogen-bond donors (Lipinski definition) is 0. The van der Waals surface area contributed by atoms with Crippen LogP contribution >= 0.6 is 0 Å². The number of hydrogen-bond acceptors (Lipinski definition) is 2. The number of esters is 1. The van der Waals surface area contributed by atoms with Gasteiger partial charge in [0.2, 0.25) is 0 Å². The van der Waals surface area contributed by atoms with Gasteiger partial charge in [-0.05, 0) is 126 Å². The molecule has 0 saturated carbocycles. The first-order valence-corrected chi connectivity index (χ1v) is 14.2. The molecule has 0 saturated heterocycles. The van der Waals surface area contributed by atoms with E-state index in [1.54, 1.807) is 0 Å². The average molecular weight is 497 g/mol. The van der Waals surface area contributed by atoms with Gasteiger partial charge in [0.15, 0.2) is 0 Å². The minimum Gasteiger partial charge on any atom is -0.466 e. The molecule has 0 aliphatic carbocycles. The van der Waals surface area contributed by atoms with E-state index in [9.17, 15) is 4.79 Å². The lowest BCUT2D eigenvalue weighted by Crippen LogP contribution is -2.03. The van der Waals surface area contributed by atoms with Gasteiger partial charge in [-0.2, -0.15) is 0 Å². The minimum atomic E-state index is -0.0971. The second-order valence-electron chi connectivity index (χ2n) is 10.6. The van der Waals surface area contributed by atoms with E-state index in [1.165, 1.54) is 46.3 Å². The van der Waals surface area contributed by atoms with Gasteiger partial charge >= 0.3 is 5.97 Å². The van der Waals surface area contributed by atoms with Crippen molar-refractivity contribution in [1.82, 2.24) is 0 Å². The van der Waals surface area contributed by atoms with E-state index >= 15 is 0 Å². The highest BCUT2D eigenvalue weighted by atomic mass is 16.5. The van der Waals surface area contributed by atoms with Crippen LogP contribution in [0, 0.1) is 0 Å². The third-order valence-corrected chi connectivity index (χ3v) is 6.37. The fraction of sp³-hybridized carbons (Fsp3) is 0.618. The lowest BCUT2D eigenvalue weighted by molar-refractivity contribution is -0.143. The Balaban J connectivity index is 4.11. The first kappa shape index (κ1) is 33.9. The van der Waals surface area contributed by atoms with Crippen LogP contribution in [0.1, 0.15) is 132 Å². The zero-order chi connectivity index (χ0) is 27.2. The Morgan fingerprint density at radius 3 is 1.17 bits per heavy atom. The molecule has 0 fully saturated rings. The highest BCUT2D eigenvalue weighted by Crippen LogP contribution is 2.15. The van der Waals surface area contributed by atoms with E-state index in [0.29, 0.717) is 13.0 Å². The van der Waals surface area contributed by atoms with Crippen LogP contribution in [0.15, 0.2) is 69.9 Å². The normalized spacial score (nSPS) is 13.7. The SMILES string of the molecule is CCOC(=O)CC/C(C)=C/CC/C(C)=C/CC/C(C)=C/CC/C=C(\C)CC/C=C(\C)CCC=C(C)C. The highest BCUT2D eigenvalue weighted by molar-refractivity contribution is 5.69. The van der Waals surface area contributed by atoms with E-state index in [2.05, 4.69) is 84.9 Å². The number of ether oxygens (including phenoxy) is 1. The minimum absolute atomic E-state index is 0.0971. The Kier molecular flexibility index (Phi) is 20.8. The molecule has 0 aromatic carbocycles. The topological polar surface area (TPSA) is 26.3 Å². The summed E-state index contributed by atoms with van der Waals surface area (Å²) in [6.07, 6.45) is 26.9. The van der Waals surface area contributed by atoms with Gasteiger partial charge in [-0.25, -0.2) is 0 Å². The van der Waals surface area contributed by atoms with E-state index in [1.807, 2.05) is 6.92 Å². The van der Waals surface area contributed by atoms with E-state index in [0.717, 1.165) is 57.8 Å². The van der Waals surface area contributed by atoms with Crippen LogP contribution in [0.2, 0.25) is 0 Å². The Bertz CT molecular complexity index is 795. The molecule has 0 rings (SSSR count). The smallest absolute Gasteiger partial charge is 0.306 e. The third kappa shape index (κ3) is 22.4. The maximum atomic E-state index is 11.4. The molecule has 2 nitrogen and oxygen atoms in total. The van der Waals surface area contributed by atoms with Gasteiger partial charge in [0.25, 0.3) is 0 Å². The lowest BCUT2D eigenvalue weighted by Gasteiger charge is -2.04. The Hall–Kier alpha value is -2.09. The summed E-state index contributed by atoms with van der Waals surface area (Å²) in [6.45, 7) is 17.8. The maximum absolute atomic E-state index is 11.4. The summed E-state index contributed by atoms with van der Waals surface area (Å²) in [5, 5.41) is 0. The lowest BCUT2D eigenvalue weighted by atomic mass is 10.0. The van der Waals surface area contributed by atoms with Gasteiger partial charge in [-0.1, -0.05) is 69.9 Å². The van der Waals surface area contributed by atoms with Crippen LogP contribution < -0.4 is 0 Å². The van der Waals surface area contributed by atoms with Crippen molar-refractivity contribution in [2.45, 2.75) is 132 Å². The van der Waals surface area contributed by atoms with Crippen molar-refractivity contribution in [2.75, 3.05) is 6.61 Å². The first-order chi connectivity index (χ1) is 17.1. The summed E-state index contributed by atoms with van der Waals surface area (Å²) >= 11 is 0. The van der Waals surface area contributed by atoms with Gasteiger partial charge in [-0.15, -0.1) is 0 Å². The second-order valence-corrected chi connectivity index (χ2v) is 10.6. The van der Waals surface area contributed by atoms with Crippen molar-refractivity contribution in [2.24, 2.45) is 0 Å². The molecule has 0 heterocycles. The predicted octanol–water partition coefficient (Wildman–Crippen LogP) is 10.9. The third-order valence-electron chi connectivity index (χ3n) is 6.37. The monoisotopic (exact) mass is 496 g/mol. The highest BCUT2D eigenvalue weighted by Gasteiger charge is 2.01. The molecule has 0 amide bonds. The van der Waals surface area contributed by atoms with Crippen LogP contribution in [0.4, 0.5) is 0 Å². The van der Waals surface area contributed by atoms with Gasteiger partial charge < -0.3 is 4.74 Å². The van der Waals surface area contributed by atoms with Gasteiger partial charge in [-0.3, -0.25) is 4.79 Å². The number of allylic oxidation sites excluding steroid dienone is 12. The molecule has 0 unspecified atom stereocenters. The fourth-order valence-electron chi connectivity index (χ4n) is 3.93. The largest absolute Gasteiger partial charge is 0.466 e. The van der Waals surface area contributed by atoms with Crippen molar-refractivity contribution < 1.29 is 9.53 Å². The van der Waals surface area contributed by atoms with Crippen molar-refractivity contribution in [1.29, 1.82) is 0 Å². The summed E-state index contributed by atoms with van der Waals surface area (Å²) < 4.78 is 4.99. The van der Waals surface area contributed by atoms with Crippen LogP contribution in [-0.2, 0) is 9.53 Å². The first-order valence-electron chi connectivity index (χ1n) is 14.2. The summed E-state index contributed by atoms with van der Waals surface area (Å²) in [5.41, 5.74) is 8.67. The van der Waals surface area contributed by atoms with Gasteiger partial charge in [0.1, 0.15) is 0 Å². The maximum Gasteiger partial charge on any atom is 0.306 e. The quantitative estimate of drug-likeness (QED) is 0.101. The van der Waals surface area contributed by atoms with E-state index < -0.39 is 0 Å². The summed E-state index contributed by atoms with van der Waals surface area (Å²) in [7, 11) is 0. The zero-order valence-corrected chi connectivity index (χ0v) is 25.0. The second kappa shape index (κ2) is 22.1. The number of rotatable bonds is 19. The molecule has 0 aromatic rings. The van der Waals surface area contributed by atoms with Crippen molar-refractivity contribution in [3.63, 3.8) is 0 Å². The molecular weight excluding hydrogens is 440 g/mol. The molecule has 0 atom stereocenters. The molecule has 204 valence electrons. The van der Waals surface area contributed by atoms with Crippen molar-refractivity contribution in [3.05, 3.63) is 69.9 Å². The van der Waals surface area contributed by atoms with Gasteiger partial charge in [0.05, 0.1) is 6.61 Å². The molecule has 0 N–H and O–H groups in total. The van der Waals surface area contributed by atoms with Crippen molar-refractivity contribution >= 4 is 5.97 Å².